The number of fused-ring (bicyclic) bond motifs is 1. The molecule has 0 spiro atoms. The Bertz CT molecular complexity index is 996. The first-order chi connectivity index (χ1) is 13.4. The lowest BCUT2D eigenvalue weighted by Gasteiger charge is -2.16. The summed E-state index contributed by atoms with van der Waals surface area (Å²) in [6, 6.07) is 9.42. The summed E-state index contributed by atoms with van der Waals surface area (Å²) in [6.07, 6.45) is -0.655. The lowest BCUT2D eigenvalue weighted by Crippen LogP contribution is -2.26. The molecule has 1 N–H and O–H groups in total. The van der Waals surface area contributed by atoms with Crippen LogP contribution in [0.25, 0.3) is 10.2 Å². The third-order valence-corrected chi connectivity index (χ3v) is 6.61. The van der Waals surface area contributed by atoms with E-state index in [0.717, 1.165) is 26.4 Å². The Morgan fingerprint density at radius 2 is 1.96 bits per heavy atom. The van der Waals surface area contributed by atoms with Crippen LogP contribution in [0.15, 0.2) is 40.3 Å². The lowest BCUT2D eigenvalue weighted by atomic mass is 10.2. The van der Waals surface area contributed by atoms with E-state index in [0.29, 0.717) is 23.4 Å². The molecule has 0 fully saturated rings. The van der Waals surface area contributed by atoms with E-state index < -0.39 is 6.10 Å². The Labute approximate surface area is 173 Å². The molecular formula is C21H26N2O3S2. The summed E-state index contributed by atoms with van der Waals surface area (Å²) >= 11 is 2.96. The van der Waals surface area contributed by atoms with Gasteiger partial charge in [-0.1, -0.05) is 43.8 Å². The van der Waals surface area contributed by atoms with E-state index in [9.17, 15) is 9.90 Å². The molecule has 0 bridgehead atoms. The van der Waals surface area contributed by atoms with Gasteiger partial charge in [-0.15, -0.1) is 11.3 Å². The molecule has 3 aromatic rings. The van der Waals surface area contributed by atoms with Gasteiger partial charge in [0.05, 0.1) is 11.5 Å². The second-order valence-corrected chi connectivity index (χ2v) is 9.45. The van der Waals surface area contributed by atoms with Crippen LogP contribution in [-0.4, -0.2) is 33.1 Å². The fourth-order valence-electron chi connectivity index (χ4n) is 2.87. The van der Waals surface area contributed by atoms with Crippen molar-refractivity contribution in [2.45, 2.75) is 45.5 Å². The number of aryl methyl sites for hydroxylation is 2. The zero-order valence-corrected chi connectivity index (χ0v) is 18.3. The maximum Gasteiger partial charge on any atom is 0.263 e. The molecule has 0 aliphatic rings. The standard InChI is InChI=1S/C21H26N2O3S2/c1-13(2)10-23-20(25)18-14(3)15(4)28-19(18)22-21(23)27-12-16(24)11-26-17-8-6-5-7-9-17/h5-9,13,16,24H,10-12H2,1-4H3/t16-/m1/s1. The molecule has 0 unspecified atom stereocenters. The predicted octanol–water partition coefficient (Wildman–Crippen LogP) is 4.26. The molecule has 1 aromatic carbocycles. The molecule has 2 aromatic heterocycles. The van der Waals surface area contributed by atoms with Crippen LogP contribution in [0, 0.1) is 19.8 Å². The molecule has 7 heteroatoms. The number of thioether (sulfide) groups is 1. The summed E-state index contributed by atoms with van der Waals surface area (Å²) in [4.78, 5) is 19.8. The largest absolute Gasteiger partial charge is 0.491 e. The number of hydrogen-bond acceptors (Lipinski definition) is 6. The van der Waals surface area contributed by atoms with Gasteiger partial charge in [0.25, 0.3) is 5.56 Å². The molecule has 3 rings (SSSR count). The van der Waals surface area contributed by atoms with Crippen LogP contribution in [0.2, 0.25) is 0 Å². The highest BCUT2D eigenvalue weighted by Gasteiger charge is 2.18. The van der Waals surface area contributed by atoms with Crippen molar-refractivity contribution in [1.29, 1.82) is 0 Å². The summed E-state index contributed by atoms with van der Waals surface area (Å²) in [7, 11) is 0. The van der Waals surface area contributed by atoms with Gasteiger partial charge in [0, 0.05) is 17.2 Å². The van der Waals surface area contributed by atoms with E-state index in [-0.39, 0.29) is 12.2 Å². The fraction of sp³-hybridized carbons (Fsp3) is 0.429. The molecule has 0 aliphatic carbocycles. The molecule has 0 amide bonds. The van der Waals surface area contributed by atoms with E-state index in [1.165, 1.54) is 11.8 Å². The molecule has 0 radical (unpaired) electrons. The van der Waals surface area contributed by atoms with Gasteiger partial charge in [0.2, 0.25) is 0 Å². The number of hydrogen-bond donors (Lipinski definition) is 1. The Morgan fingerprint density at radius 1 is 1.25 bits per heavy atom. The van der Waals surface area contributed by atoms with Gasteiger partial charge in [-0.2, -0.15) is 0 Å². The minimum atomic E-state index is -0.655. The molecule has 5 nitrogen and oxygen atoms in total. The van der Waals surface area contributed by atoms with Crippen molar-refractivity contribution in [2.75, 3.05) is 12.4 Å². The van der Waals surface area contributed by atoms with Crippen molar-refractivity contribution in [3.63, 3.8) is 0 Å². The van der Waals surface area contributed by atoms with Crippen LogP contribution in [-0.2, 0) is 6.54 Å². The zero-order valence-electron chi connectivity index (χ0n) is 16.6. The number of para-hydroxylation sites is 1. The molecule has 0 saturated carbocycles. The van der Waals surface area contributed by atoms with Crippen molar-refractivity contribution >= 4 is 33.3 Å². The van der Waals surface area contributed by atoms with Gasteiger partial charge in [0.1, 0.15) is 17.2 Å². The van der Waals surface area contributed by atoms with E-state index in [4.69, 9.17) is 9.72 Å². The Hall–Kier alpha value is -1.83. The van der Waals surface area contributed by atoms with Crippen LogP contribution in [0.1, 0.15) is 24.3 Å². The number of rotatable bonds is 8. The van der Waals surface area contributed by atoms with Crippen LogP contribution in [0.3, 0.4) is 0 Å². The van der Waals surface area contributed by atoms with E-state index >= 15 is 0 Å². The van der Waals surface area contributed by atoms with Gasteiger partial charge in [-0.3, -0.25) is 9.36 Å². The number of aliphatic hydroxyl groups is 1. The minimum Gasteiger partial charge on any atom is -0.491 e. The number of aliphatic hydroxyl groups excluding tert-OH is 1. The molecule has 1 atom stereocenters. The van der Waals surface area contributed by atoms with Crippen LogP contribution >= 0.6 is 23.1 Å². The minimum absolute atomic E-state index is 0.0121. The summed E-state index contributed by atoms with van der Waals surface area (Å²) in [5.41, 5.74) is 1.03. The Balaban J connectivity index is 1.78. The monoisotopic (exact) mass is 418 g/mol. The van der Waals surface area contributed by atoms with Crippen molar-refractivity contribution in [2.24, 2.45) is 5.92 Å². The van der Waals surface area contributed by atoms with Gasteiger partial charge < -0.3 is 9.84 Å². The number of ether oxygens (including phenoxy) is 1. The molecule has 0 aliphatic heterocycles. The van der Waals surface area contributed by atoms with Gasteiger partial charge in [-0.05, 0) is 37.5 Å². The van der Waals surface area contributed by atoms with Gasteiger partial charge >= 0.3 is 0 Å². The van der Waals surface area contributed by atoms with Gasteiger partial charge in [0.15, 0.2) is 5.16 Å². The molecule has 150 valence electrons. The van der Waals surface area contributed by atoms with E-state index in [1.54, 1.807) is 15.9 Å². The van der Waals surface area contributed by atoms with Crippen molar-refractivity contribution in [1.82, 2.24) is 9.55 Å². The third kappa shape index (κ3) is 4.77. The number of nitrogens with zero attached hydrogens (tertiary/aromatic N) is 2. The maximum atomic E-state index is 13.1. The molecule has 0 saturated heterocycles. The van der Waals surface area contributed by atoms with Crippen molar-refractivity contribution in [3.8, 4) is 5.75 Å². The topological polar surface area (TPSA) is 64.4 Å². The zero-order chi connectivity index (χ0) is 20.3. The normalized spacial score (nSPS) is 12.6. The highest BCUT2D eigenvalue weighted by Crippen LogP contribution is 2.29. The first-order valence-electron chi connectivity index (χ1n) is 9.36. The van der Waals surface area contributed by atoms with Crippen LogP contribution in [0.4, 0.5) is 0 Å². The second-order valence-electron chi connectivity index (χ2n) is 7.26. The summed E-state index contributed by atoms with van der Waals surface area (Å²) in [5.74, 6) is 1.46. The fourth-order valence-corrected chi connectivity index (χ4v) is 4.86. The quantitative estimate of drug-likeness (QED) is 0.437. The Kier molecular flexibility index (Phi) is 6.80. The van der Waals surface area contributed by atoms with Gasteiger partial charge in [-0.25, -0.2) is 4.98 Å². The van der Waals surface area contributed by atoms with Crippen molar-refractivity contribution in [3.05, 3.63) is 51.1 Å². The number of thiophene rings is 1. The predicted molar refractivity (Wildman–Crippen MR) is 117 cm³/mol. The lowest BCUT2D eigenvalue weighted by molar-refractivity contribution is 0.126. The second kappa shape index (κ2) is 9.11. The summed E-state index contributed by atoms with van der Waals surface area (Å²) in [5, 5.41) is 11.7. The summed E-state index contributed by atoms with van der Waals surface area (Å²) < 4.78 is 7.37. The molecular weight excluding hydrogens is 392 g/mol. The summed E-state index contributed by atoms with van der Waals surface area (Å²) in [6.45, 7) is 8.97. The SMILES string of the molecule is Cc1sc2nc(SC[C@H](O)COc3ccccc3)n(CC(C)C)c(=O)c2c1C. The van der Waals surface area contributed by atoms with E-state index in [1.807, 2.05) is 44.2 Å². The smallest absolute Gasteiger partial charge is 0.263 e. The van der Waals surface area contributed by atoms with Crippen LogP contribution in [0.5, 0.6) is 5.75 Å². The maximum absolute atomic E-state index is 13.1. The average molecular weight is 419 g/mol. The van der Waals surface area contributed by atoms with Crippen molar-refractivity contribution < 1.29 is 9.84 Å². The molecule has 28 heavy (non-hydrogen) atoms. The third-order valence-electron chi connectivity index (χ3n) is 4.39. The Morgan fingerprint density at radius 3 is 2.64 bits per heavy atom. The first kappa shape index (κ1) is 20.9. The average Bonchev–Trinajstić information content (AvgIpc) is 2.95. The molecule has 2 heterocycles. The number of benzene rings is 1. The van der Waals surface area contributed by atoms with E-state index in [2.05, 4.69) is 13.8 Å². The first-order valence-corrected chi connectivity index (χ1v) is 11.2. The number of aromatic nitrogens is 2. The highest BCUT2D eigenvalue weighted by molar-refractivity contribution is 7.99. The highest BCUT2D eigenvalue weighted by atomic mass is 32.2. The van der Waals surface area contributed by atoms with Crippen LogP contribution < -0.4 is 10.3 Å².